The van der Waals surface area contributed by atoms with Gasteiger partial charge in [-0.05, 0) is 24.3 Å². The zero-order chi connectivity index (χ0) is 15.9. The van der Waals surface area contributed by atoms with Crippen LogP contribution in [0, 0.1) is 5.82 Å². The number of hydrogen-bond acceptors (Lipinski definition) is 4. The van der Waals surface area contributed by atoms with Gasteiger partial charge in [-0.1, -0.05) is 0 Å². The lowest BCUT2D eigenvalue weighted by molar-refractivity contribution is 0.0662. The van der Waals surface area contributed by atoms with E-state index in [0.717, 1.165) is 0 Å². The van der Waals surface area contributed by atoms with Crippen molar-refractivity contribution >= 4 is 5.91 Å². The van der Waals surface area contributed by atoms with Gasteiger partial charge in [0, 0.05) is 19.7 Å². The van der Waals surface area contributed by atoms with E-state index in [1.54, 1.807) is 25.3 Å². The van der Waals surface area contributed by atoms with Crippen LogP contribution in [-0.4, -0.2) is 38.2 Å². The van der Waals surface area contributed by atoms with Crippen LogP contribution in [0.3, 0.4) is 0 Å². The normalized spacial score (nSPS) is 10.5. The Morgan fingerprint density at radius 1 is 1.32 bits per heavy atom. The fraction of sp³-hybridized carbons (Fsp3) is 0.312. The number of carbonyl (C=O) groups excluding carboxylic acids is 1. The van der Waals surface area contributed by atoms with Gasteiger partial charge in [0.1, 0.15) is 17.3 Å². The second kappa shape index (κ2) is 7.61. The molecule has 0 atom stereocenters. The molecule has 22 heavy (non-hydrogen) atoms. The number of methoxy groups -OCH3 is 2. The van der Waals surface area contributed by atoms with Crippen LogP contribution in [0.1, 0.15) is 16.1 Å². The average Bonchev–Trinajstić information content (AvgIpc) is 3.03. The highest BCUT2D eigenvalue weighted by atomic mass is 19.1. The topological polar surface area (TPSA) is 51.9 Å². The minimum atomic E-state index is -0.619. The van der Waals surface area contributed by atoms with Crippen molar-refractivity contribution in [3.05, 3.63) is 53.7 Å². The van der Waals surface area contributed by atoms with Crippen LogP contribution < -0.4 is 4.74 Å². The molecular weight excluding hydrogens is 289 g/mol. The zero-order valence-electron chi connectivity index (χ0n) is 12.5. The molecule has 1 aromatic heterocycles. The molecule has 0 radical (unpaired) electrons. The monoisotopic (exact) mass is 307 g/mol. The first-order valence-electron chi connectivity index (χ1n) is 6.80. The van der Waals surface area contributed by atoms with E-state index in [9.17, 15) is 9.18 Å². The zero-order valence-corrected chi connectivity index (χ0v) is 12.5. The van der Waals surface area contributed by atoms with E-state index in [4.69, 9.17) is 13.9 Å². The Morgan fingerprint density at radius 2 is 2.14 bits per heavy atom. The summed E-state index contributed by atoms with van der Waals surface area (Å²) in [6, 6.07) is 7.66. The van der Waals surface area contributed by atoms with Crippen molar-refractivity contribution < 1.29 is 23.1 Å². The summed E-state index contributed by atoms with van der Waals surface area (Å²) >= 11 is 0. The molecule has 0 aliphatic heterocycles. The molecule has 0 unspecified atom stereocenters. The summed E-state index contributed by atoms with van der Waals surface area (Å²) in [4.78, 5) is 14.0. The molecule has 2 rings (SSSR count). The Bertz CT molecular complexity index is 613. The minimum Gasteiger partial charge on any atom is -0.497 e. The van der Waals surface area contributed by atoms with Gasteiger partial charge in [0.25, 0.3) is 5.91 Å². The van der Waals surface area contributed by atoms with E-state index < -0.39 is 11.7 Å². The van der Waals surface area contributed by atoms with Crippen LogP contribution in [0.5, 0.6) is 5.75 Å². The molecule has 0 spiro atoms. The van der Waals surface area contributed by atoms with Crippen molar-refractivity contribution in [2.45, 2.75) is 6.54 Å². The number of carbonyl (C=O) groups is 1. The summed E-state index contributed by atoms with van der Waals surface area (Å²) in [5.74, 6) is -0.0540. The molecule has 118 valence electrons. The van der Waals surface area contributed by atoms with Crippen LogP contribution in [0.4, 0.5) is 4.39 Å². The fourth-order valence-corrected chi connectivity index (χ4v) is 2.01. The Labute approximate surface area is 128 Å². The third-order valence-corrected chi connectivity index (χ3v) is 3.19. The average molecular weight is 307 g/mol. The number of nitrogens with zero attached hydrogens (tertiary/aromatic N) is 1. The van der Waals surface area contributed by atoms with Crippen molar-refractivity contribution in [3.8, 4) is 5.75 Å². The lowest BCUT2D eigenvalue weighted by Gasteiger charge is -2.21. The lowest BCUT2D eigenvalue weighted by atomic mass is 10.1. The molecule has 0 aliphatic carbocycles. The van der Waals surface area contributed by atoms with E-state index in [1.165, 1.54) is 30.4 Å². The van der Waals surface area contributed by atoms with E-state index >= 15 is 0 Å². The van der Waals surface area contributed by atoms with E-state index in [2.05, 4.69) is 0 Å². The fourth-order valence-electron chi connectivity index (χ4n) is 2.01. The molecule has 1 amide bonds. The SMILES string of the molecule is COCCN(Cc1ccco1)C(=O)c1ccc(OC)cc1F. The first-order chi connectivity index (χ1) is 10.7. The van der Waals surface area contributed by atoms with Gasteiger partial charge in [-0.25, -0.2) is 4.39 Å². The molecule has 0 bridgehead atoms. The molecular formula is C16H18FNO4. The van der Waals surface area contributed by atoms with Crippen LogP contribution >= 0.6 is 0 Å². The summed E-state index contributed by atoms with van der Waals surface area (Å²) in [7, 11) is 2.99. The maximum absolute atomic E-state index is 14.1. The highest BCUT2D eigenvalue weighted by molar-refractivity contribution is 5.94. The standard InChI is InChI=1S/C16H18FNO4/c1-20-9-7-18(11-13-4-3-8-22-13)16(19)14-6-5-12(21-2)10-15(14)17/h3-6,8,10H,7,9,11H2,1-2H3. The van der Waals surface area contributed by atoms with Gasteiger partial charge in [0.15, 0.2) is 0 Å². The van der Waals surface area contributed by atoms with Crippen LogP contribution in [0.2, 0.25) is 0 Å². The first-order valence-corrected chi connectivity index (χ1v) is 6.80. The van der Waals surface area contributed by atoms with Crippen molar-refractivity contribution in [1.82, 2.24) is 4.90 Å². The van der Waals surface area contributed by atoms with Crippen LogP contribution in [0.15, 0.2) is 41.0 Å². The molecule has 1 aromatic carbocycles. The van der Waals surface area contributed by atoms with E-state index in [-0.39, 0.29) is 12.1 Å². The largest absolute Gasteiger partial charge is 0.497 e. The number of amides is 1. The van der Waals surface area contributed by atoms with Gasteiger partial charge in [-0.15, -0.1) is 0 Å². The van der Waals surface area contributed by atoms with Gasteiger partial charge in [-0.2, -0.15) is 0 Å². The minimum absolute atomic E-state index is 0.0107. The van der Waals surface area contributed by atoms with Gasteiger partial charge >= 0.3 is 0 Å². The number of ether oxygens (including phenoxy) is 2. The highest BCUT2D eigenvalue weighted by Gasteiger charge is 2.20. The summed E-state index contributed by atoms with van der Waals surface area (Å²) in [6.07, 6.45) is 1.53. The number of benzene rings is 1. The lowest BCUT2D eigenvalue weighted by Crippen LogP contribution is -2.33. The Kier molecular flexibility index (Phi) is 5.55. The van der Waals surface area contributed by atoms with Gasteiger partial charge < -0.3 is 18.8 Å². The molecule has 0 fully saturated rings. The summed E-state index contributed by atoms with van der Waals surface area (Å²) in [5, 5.41) is 0. The number of rotatable bonds is 7. The third-order valence-electron chi connectivity index (χ3n) is 3.19. The predicted octanol–water partition coefficient (Wildman–Crippen LogP) is 2.72. The highest BCUT2D eigenvalue weighted by Crippen LogP contribution is 2.19. The second-order valence-corrected chi connectivity index (χ2v) is 4.64. The van der Waals surface area contributed by atoms with Crippen molar-refractivity contribution in [2.24, 2.45) is 0 Å². The van der Waals surface area contributed by atoms with Gasteiger partial charge in [0.2, 0.25) is 0 Å². The van der Waals surface area contributed by atoms with Crippen molar-refractivity contribution in [3.63, 3.8) is 0 Å². The van der Waals surface area contributed by atoms with E-state index in [1.807, 2.05) is 0 Å². The summed E-state index contributed by atoms with van der Waals surface area (Å²) in [6.45, 7) is 0.937. The van der Waals surface area contributed by atoms with Crippen LogP contribution in [-0.2, 0) is 11.3 Å². The Morgan fingerprint density at radius 3 is 2.73 bits per heavy atom. The van der Waals surface area contributed by atoms with E-state index in [0.29, 0.717) is 24.7 Å². The molecule has 5 nitrogen and oxygen atoms in total. The molecule has 0 saturated heterocycles. The van der Waals surface area contributed by atoms with Crippen molar-refractivity contribution in [2.75, 3.05) is 27.4 Å². The Balaban J connectivity index is 2.20. The maximum Gasteiger partial charge on any atom is 0.257 e. The number of halogens is 1. The second-order valence-electron chi connectivity index (χ2n) is 4.64. The first kappa shape index (κ1) is 16.0. The quantitative estimate of drug-likeness (QED) is 0.789. The number of hydrogen-bond donors (Lipinski definition) is 0. The molecule has 2 aromatic rings. The van der Waals surface area contributed by atoms with Crippen LogP contribution in [0.25, 0.3) is 0 Å². The summed E-state index contributed by atoms with van der Waals surface area (Å²) in [5.41, 5.74) is -0.0107. The third kappa shape index (κ3) is 3.85. The maximum atomic E-state index is 14.1. The molecule has 0 saturated carbocycles. The molecule has 0 N–H and O–H groups in total. The predicted molar refractivity (Wildman–Crippen MR) is 78.3 cm³/mol. The molecule has 0 aliphatic rings. The molecule has 1 heterocycles. The Hall–Kier alpha value is -2.34. The molecule has 6 heteroatoms. The van der Waals surface area contributed by atoms with Crippen molar-refractivity contribution in [1.29, 1.82) is 0 Å². The van der Waals surface area contributed by atoms with Gasteiger partial charge in [-0.3, -0.25) is 4.79 Å². The number of furan rings is 1. The smallest absolute Gasteiger partial charge is 0.257 e. The van der Waals surface area contributed by atoms with Gasteiger partial charge in [0.05, 0.1) is 32.1 Å². The summed E-state index contributed by atoms with van der Waals surface area (Å²) < 4.78 is 29.3.